The van der Waals surface area contributed by atoms with Crippen LogP contribution in [0.4, 0.5) is 8.78 Å². The highest BCUT2D eigenvalue weighted by atomic mass is 19.1. The summed E-state index contributed by atoms with van der Waals surface area (Å²) in [6, 6.07) is 4.14. The van der Waals surface area contributed by atoms with Crippen LogP contribution in [0.1, 0.15) is 51.1 Å². The Morgan fingerprint density at radius 1 is 1.24 bits per heavy atom. The highest BCUT2D eigenvalue weighted by Gasteiger charge is 2.33. The zero-order valence-electron chi connectivity index (χ0n) is 13.0. The molecule has 0 saturated heterocycles. The Morgan fingerprint density at radius 3 is 2.43 bits per heavy atom. The number of nitrogens with zero attached hydrogens (tertiary/aromatic N) is 1. The van der Waals surface area contributed by atoms with Crippen molar-refractivity contribution in [3.05, 3.63) is 35.4 Å². The van der Waals surface area contributed by atoms with Gasteiger partial charge in [-0.2, -0.15) is 0 Å². The smallest absolute Gasteiger partial charge is 0.130 e. The van der Waals surface area contributed by atoms with Crippen molar-refractivity contribution in [2.75, 3.05) is 13.1 Å². The molecule has 0 spiro atoms. The molecule has 118 valence electrons. The average Bonchev–Trinajstić information content (AvgIpc) is 2.48. The summed E-state index contributed by atoms with van der Waals surface area (Å²) in [6.45, 7) is 5.37. The van der Waals surface area contributed by atoms with Gasteiger partial charge < -0.3 is 5.73 Å². The van der Waals surface area contributed by atoms with Gasteiger partial charge in [-0.05, 0) is 50.9 Å². The van der Waals surface area contributed by atoms with Crippen molar-refractivity contribution >= 4 is 0 Å². The molecular formula is C17H26F2N2. The first kappa shape index (κ1) is 16.4. The van der Waals surface area contributed by atoms with Crippen LogP contribution in [0.5, 0.6) is 0 Å². The van der Waals surface area contributed by atoms with E-state index in [1.165, 1.54) is 31.0 Å². The van der Waals surface area contributed by atoms with Crippen molar-refractivity contribution in [1.82, 2.24) is 4.90 Å². The lowest BCUT2D eigenvalue weighted by atomic mass is 9.82. The molecule has 1 aromatic rings. The van der Waals surface area contributed by atoms with Gasteiger partial charge in [-0.1, -0.05) is 25.8 Å². The van der Waals surface area contributed by atoms with Crippen LogP contribution in [0.15, 0.2) is 18.2 Å². The summed E-state index contributed by atoms with van der Waals surface area (Å²) in [6.07, 6.45) is 4.56. The third kappa shape index (κ3) is 3.43. The molecule has 1 aromatic carbocycles. The van der Waals surface area contributed by atoms with Crippen LogP contribution in [-0.4, -0.2) is 24.0 Å². The molecule has 0 amide bonds. The van der Waals surface area contributed by atoms with Gasteiger partial charge in [-0.15, -0.1) is 0 Å². The topological polar surface area (TPSA) is 29.3 Å². The molecule has 3 unspecified atom stereocenters. The Balaban J connectivity index is 2.27. The second kappa shape index (κ2) is 7.32. The summed E-state index contributed by atoms with van der Waals surface area (Å²) in [7, 11) is 0. The van der Waals surface area contributed by atoms with Gasteiger partial charge >= 0.3 is 0 Å². The van der Waals surface area contributed by atoms with Gasteiger partial charge in [0.1, 0.15) is 11.6 Å². The minimum absolute atomic E-state index is 0.181. The second-order valence-electron chi connectivity index (χ2n) is 5.99. The quantitative estimate of drug-likeness (QED) is 0.894. The fourth-order valence-electron chi connectivity index (χ4n) is 3.77. The first-order valence-corrected chi connectivity index (χ1v) is 7.99. The number of rotatable bonds is 5. The first-order valence-electron chi connectivity index (χ1n) is 7.99. The minimum Gasteiger partial charge on any atom is -0.330 e. The van der Waals surface area contributed by atoms with Crippen molar-refractivity contribution in [2.45, 2.75) is 51.6 Å². The molecule has 0 aromatic heterocycles. The molecule has 4 heteroatoms. The molecule has 0 heterocycles. The van der Waals surface area contributed by atoms with E-state index in [4.69, 9.17) is 5.73 Å². The van der Waals surface area contributed by atoms with E-state index in [-0.39, 0.29) is 11.6 Å². The maximum absolute atomic E-state index is 14.1. The zero-order chi connectivity index (χ0) is 15.4. The van der Waals surface area contributed by atoms with E-state index < -0.39 is 11.6 Å². The fourth-order valence-corrected chi connectivity index (χ4v) is 3.77. The molecule has 0 aliphatic heterocycles. The van der Waals surface area contributed by atoms with Gasteiger partial charge in [0, 0.05) is 17.6 Å². The lowest BCUT2D eigenvalue weighted by Crippen LogP contribution is -2.46. The predicted octanol–water partition coefficient (Wildman–Crippen LogP) is 3.87. The molecule has 2 N–H and O–H groups in total. The van der Waals surface area contributed by atoms with Crippen LogP contribution in [0.3, 0.4) is 0 Å². The SMILES string of the molecule is CCN(C(C)c1c(F)cccc1F)C1CCCCC1CN. The largest absolute Gasteiger partial charge is 0.330 e. The van der Waals surface area contributed by atoms with Gasteiger partial charge in [0.05, 0.1) is 0 Å². The monoisotopic (exact) mass is 296 g/mol. The second-order valence-corrected chi connectivity index (χ2v) is 5.99. The van der Waals surface area contributed by atoms with Gasteiger partial charge in [0.2, 0.25) is 0 Å². The van der Waals surface area contributed by atoms with E-state index in [0.717, 1.165) is 19.4 Å². The standard InChI is InChI=1S/C17H26F2N2/c1-3-21(16-10-5-4-7-13(16)11-20)12(2)17-14(18)8-6-9-15(17)19/h6,8-9,12-13,16H,3-5,7,10-11,20H2,1-2H3. The predicted molar refractivity (Wildman–Crippen MR) is 82.0 cm³/mol. The van der Waals surface area contributed by atoms with Gasteiger partial charge in [0.25, 0.3) is 0 Å². The van der Waals surface area contributed by atoms with E-state index in [1.54, 1.807) is 0 Å². The summed E-state index contributed by atoms with van der Waals surface area (Å²) in [5.74, 6) is -0.488. The van der Waals surface area contributed by atoms with E-state index in [1.807, 2.05) is 6.92 Å². The number of halogens is 2. The van der Waals surface area contributed by atoms with E-state index >= 15 is 0 Å². The van der Waals surface area contributed by atoms with Gasteiger partial charge in [-0.25, -0.2) is 8.78 Å². The Kier molecular flexibility index (Phi) is 5.71. The molecule has 1 aliphatic carbocycles. The average molecular weight is 296 g/mol. The molecule has 21 heavy (non-hydrogen) atoms. The maximum atomic E-state index is 14.1. The molecule has 0 radical (unpaired) electrons. The Labute approximate surface area is 126 Å². The van der Waals surface area contributed by atoms with Crippen molar-refractivity contribution in [3.63, 3.8) is 0 Å². The van der Waals surface area contributed by atoms with E-state index in [0.29, 0.717) is 18.5 Å². The van der Waals surface area contributed by atoms with Crippen molar-refractivity contribution in [1.29, 1.82) is 0 Å². The van der Waals surface area contributed by atoms with E-state index in [9.17, 15) is 8.78 Å². The van der Waals surface area contributed by atoms with Gasteiger partial charge in [0.15, 0.2) is 0 Å². The maximum Gasteiger partial charge on any atom is 0.130 e. The van der Waals surface area contributed by atoms with Crippen LogP contribution >= 0.6 is 0 Å². The molecular weight excluding hydrogens is 270 g/mol. The number of hydrogen-bond donors (Lipinski definition) is 1. The first-order chi connectivity index (χ1) is 10.1. The Bertz CT molecular complexity index is 444. The minimum atomic E-state index is -0.457. The lowest BCUT2D eigenvalue weighted by molar-refractivity contribution is 0.0740. The number of benzene rings is 1. The molecule has 1 fully saturated rings. The summed E-state index contributed by atoms with van der Waals surface area (Å²) >= 11 is 0. The van der Waals surface area contributed by atoms with Crippen LogP contribution in [0.25, 0.3) is 0 Å². The summed E-state index contributed by atoms with van der Waals surface area (Å²) in [5, 5.41) is 0. The van der Waals surface area contributed by atoms with E-state index in [2.05, 4.69) is 11.8 Å². The summed E-state index contributed by atoms with van der Waals surface area (Å²) in [4.78, 5) is 2.22. The number of hydrogen-bond acceptors (Lipinski definition) is 2. The van der Waals surface area contributed by atoms with Crippen LogP contribution < -0.4 is 5.73 Å². The fraction of sp³-hybridized carbons (Fsp3) is 0.647. The summed E-state index contributed by atoms with van der Waals surface area (Å²) in [5.41, 5.74) is 6.09. The zero-order valence-corrected chi connectivity index (χ0v) is 13.0. The highest BCUT2D eigenvalue weighted by Crippen LogP contribution is 2.34. The Morgan fingerprint density at radius 2 is 1.86 bits per heavy atom. The highest BCUT2D eigenvalue weighted by molar-refractivity contribution is 5.23. The molecule has 2 rings (SSSR count). The molecule has 2 nitrogen and oxygen atoms in total. The molecule has 3 atom stereocenters. The number of nitrogens with two attached hydrogens (primary N) is 1. The van der Waals surface area contributed by atoms with Crippen LogP contribution in [0, 0.1) is 17.6 Å². The third-order valence-corrected chi connectivity index (χ3v) is 4.88. The summed E-state index contributed by atoms with van der Waals surface area (Å²) < 4.78 is 28.1. The van der Waals surface area contributed by atoms with Crippen molar-refractivity contribution < 1.29 is 8.78 Å². The molecule has 0 bridgehead atoms. The lowest BCUT2D eigenvalue weighted by Gasteiger charge is -2.42. The van der Waals surface area contributed by atoms with Crippen molar-refractivity contribution in [2.24, 2.45) is 11.7 Å². The van der Waals surface area contributed by atoms with Gasteiger partial charge in [-0.3, -0.25) is 4.90 Å². The van der Waals surface area contributed by atoms with Crippen LogP contribution in [-0.2, 0) is 0 Å². The van der Waals surface area contributed by atoms with Crippen molar-refractivity contribution in [3.8, 4) is 0 Å². The molecule has 1 aliphatic rings. The van der Waals surface area contributed by atoms with Crippen LogP contribution in [0.2, 0.25) is 0 Å². The molecule has 1 saturated carbocycles. The third-order valence-electron chi connectivity index (χ3n) is 4.88. The normalized spacial score (nSPS) is 24.3. The Hall–Kier alpha value is -1.00.